The number of hydrogen-bond acceptors (Lipinski definition) is 8. The van der Waals surface area contributed by atoms with E-state index in [1.165, 1.54) is 31.2 Å². The minimum absolute atomic E-state index is 0.0751. The minimum atomic E-state index is -3.93. The number of Topliss-reactive ketones (excluding diaryl/α,β-unsaturated/α-hetero) is 1. The first-order valence-corrected chi connectivity index (χ1v) is 10.4. The molecule has 0 aliphatic heterocycles. The molecule has 0 saturated carbocycles. The summed E-state index contributed by atoms with van der Waals surface area (Å²) >= 11 is 0.757. The third kappa shape index (κ3) is 4.36. The van der Waals surface area contributed by atoms with Crippen molar-refractivity contribution in [1.82, 2.24) is 4.98 Å². The monoisotopic (exact) mass is 431 g/mol. The van der Waals surface area contributed by atoms with Crippen molar-refractivity contribution in [2.45, 2.75) is 16.0 Å². The molecule has 0 aliphatic carbocycles. The molecule has 3 aromatic rings. The lowest BCUT2D eigenvalue weighted by Gasteiger charge is -2.03. The Morgan fingerprint density at radius 3 is 2.17 bits per heavy atom. The van der Waals surface area contributed by atoms with Gasteiger partial charge in [-0.3, -0.25) is 25.0 Å². The summed E-state index contributed by atoms with van der Waals surface area (Å²) in [5.74, 6) is -0.633. The summed E-state index contributed by atoms with van der Waals surface area (Å²) in [6, 6.07) is 10.5. The van der Waals surface area contributed by atoms with Gasteiger partial charge in [0, 0.05) is 23.3 Å². The van der Waals surface area contributed by atoms with Crippen molar-refractivity contribution >= 4 is 43.7 Å². The number of non-ortho nitro benzene ring substituents is 1. The maximum absolute atomic E-state index is 12.6. The van der Waals surface area contributed by atoms with Gasteiger partial charge >= 0.3 is 0 Å². The van der Waals surface area contributed by atoms with E-state index in [1.807, 2.05) is 0 Å². The molecule has 1 amide bonds. The van der Waals surface area contributed by atoms with Gasteiger partial charge in [-0.1, -0.05) is 23.5 Å². The Morgan fingerprint density at radius 2 is 1.62 bits per heavy atom. The van der Waals surface area contributed by atoms with Gasteiger partial charge in [0.15, 0.2) is 10.9 Å². The van der Waals surface area contributed by atoms with Gasteiger partial charge in [0.25, 0.3) is 11.6 Å². The normalized spacial score (nSPS) is 11.1. The number of thiazole rings is 1. The number of benzene rings is 2. The third-order valence-corrected chi connectivity index (χ3v) is 7.02. The molecule has 1 N–H and O–H groups in total. The number of sulfone groups is 1. The van der Waals surface area contributed by atoms with E-state index >= 15 is 0 Å². The molecule has 148 valence electrons. The Morgan fingerprint density at radius 1 is 1.03 bits per heavy atom. The van der Waals surface area contributed by atoms with Crippen LogP contribution in [0.15, 0.2) is 63.8 Å². The van der Waals surface area contributed by atoms with Gasteiger partial charge in [-0.2, -0.15) is 0 Å². The average molecular weight is 431 g/mol. The second kappa shape index (κ2) is 7.89. The zero-order valence-electron chi connectivity index (χ0n) is 14.9. The third-order valence-electron chi connectivity index (χ3n) is 3.88. The standard InChI is InChI=1S/C18H13N3O6S2/c1-11(22)12-2-4-13(5-3-12)17(23)20-18-19-10-16(28-18)29(26,27)15-8-6-14(7-9-15)21(24)25/h2-10H,1H3,(H,19,20,23). The van der Waals surface area contributed by atoms with Crippen molar-refractivity contribution in [2.75, 3.05) is 5.32 Å². The molecular weight excluding hydrogens is 418 g/mol. The highest BCUT2D eigenvalue weighted by molar-refractivity contribution is 7.93. The van der Waals surface area contributed by atoms with Crippen LogP contribution in [-0.2, 0) is 9.84 Å². The highest BCUT2D eigenvalue weighted by Crippen LogP contribution is 2.29. The topological polar surface area (TPSA) is 136 Å². The van der Waals surface area contributed by atoms with E-state index in [0.29, 0.717) is 5.56 Å². The second-order valence-corrected chi connectivity index (χ2v) is 9.03. The van der Waals surface area contributed by atoms with Crippen LogP contribution in [0, 0.1) is 10.1 Å². The lowest BCUT2D eigenvalue weighted by molar-refractivity contribution is -0.384. The van der Waals surface area contributed by atoms with Gasteiger partial charge in [0.2, 0.25) is 9.84 Å². The smallest absolute Gasteiger partial charge is 0.269 e. The molecule has 1 heterocycles. The summed E-state index contributed by atoms with van der Waals surface area (Å²) < 4.78 is 25.2. The molecule has 0 fully saturated rings. The molecule has 1 aromatic heterocycles. The van der Waals surface area contributed by atoms with Crippen molar-refractivity contribution in [3.05, 3.63) is 76.0 Å². The molecule has 11 heteroatoms. The van der Waals surface area contributed by atoms with Crippen LogP contribution in [0.3, 0.4) is 0 Å². The maximum Gasteiger partial charge on any atom is 0.269 e. The van der Waals surface area contributed by atoms with Gasteiger partial charge in [-0.25, -0.2) is 13.4 Å². The molecule has 0 bridgehead atoms. The lowest BCUT2D eigenvalue weighted by Crippen LogP contribution is -2.11. The van der Waals surface area contributed by atoms with Crippen LogP contribution in [0.4, 0.5) is 10.8 Å². The zero-order chi connectivity index (χ0) is 21.2. The first-order valence-electron chi connectivity index (χ1n) is 8.06. The van der Waals surface area contributed by atoms with Gasteiger partial charge in [0.05, 0.1) is 16.0 Å². The molecular formula is C18H13N3O6S2. The van der Waals surface area contributed by atoms with Crippen LogP contribution in [0.2, 0.25) is 0 Å². The molecule has 29 heavy (non-hydrogen) atoms. The van der Waals surface area contributed by atoms with Crippen LogP contribution >= 0.6 is 11.3 Å². The fourth-order valence-electron chi connectivity index (χ4n) is 2.33. The Kier molecular flexibility index (Phi) is 5.52. The molecule has 0 aliphatic rings. The Bertz CT molecular complexity index is 1200. The van der Waals surface area contributed by atoms with Gasteiger partial charge in [-0.15, -0.1) is 0 Å². The van der Waals surface area contributed by atoms with Gasteiger partial charge in [0.1, 0.15) is 4.21 Å². The van der Waals surface area contributed by atoms with Crippen molar-refractivity contribution in [1.29, 1.82) is 0 Å². The molecule has 0 spiro atoms. The molecule has 2 aromatic carbocycles. The summed E-state index contributed by atoms with van der Waals surface area (Å²) in [5.41, 5.74) is 0.522. The number of nitrogens with zero attached hydrogens (tertiary/aromatic N) is 2. The number of nitro groups is 1. The first-order chi connectivity index (χ1) is 13.7. The first kappa shape index (κ1) is 20.3. The summed E-state index contributed by atoms with van der Waals surface area (Å²) in [7, 11) is -3.93. The van der Waals surface area contributed by atoms with Crippen molar-refractivity contribution in [3.8, 4) is 0 Å². The minimum Gasteiger partial charge on any atom is -0.298 e. The van der Waals surface area contributed by atoms with E-state index in [2.05, 4.69) is 10.3 Å². The molecule has 0 unspecified atom stereocenters. The number of anilines is 1. The molecule has 0 radical (unpaired) electrons. The second-order valence-electron chi connectivity index (χ2n) is 5.83. The van der Waals surface area contributed by atoms with Gasteiger partial charge < -0.3 is 0 Å². The fourth-order valence-corrected chi connectivity index (χ4v) is 4.76. The number of rotatable bonds is 6. The quantitative estimate of drug-likeness (QED) is 0.359. The maximum atomic E-state index is 12.6. The predicted octanol–water partition coefficient (Wildman–Crippen LogP) is 3.34. The zero-order valence-corrected chi connectivity index (χ0v) is 16.5. The predicted molar refractivity (Wildman–Crippen MR) is 105 cm³/mol. The van der Waals surface area contributed by atoms with Crippen molar-refractivity contribution in [2.24, 2.45) is 0 Å². The van der Waals surface area contributed by atoms with E-state index in [1.54, 1.807) is 0 Å². The summed E-state index contributed by atoms with van der Waals surface area (Å²) in [6.07, 6.45) is 1.11. The summed E-state index contributed by atoms with van der Waals surface area (Å²) in [6.45, 7) is 1.41. The Labute approximate surface area is 169 Å². The van der Waals surface area contributed by atoms with Crippen LogP contribution in [-0.4, -0.2) is 30.0 Å². The molecule has 9 nitrogen and oxygen atoms in total. The average Bonchev–Trinajstić information content (AvgIpc) is 3.17. The van der Waals surface area contributed by atoms with Gasteiger partial charge in [-0.05, 0) is 31.2 Å². The largest absolute Gasteiger partial charge is 0.298 e. The van der Waals surface area contributed by atoms with Crippen LogP contribution in [0.1, 0.15) is 27.6 Å². The highest BCUT2D eigenvalue weighted by atomic mass is 32.2. The molecule has 3 rings (SSSR count). The lowest BCUT2D eigenvalue weighted by atomic mass is 10.1. The molecule has 0 saturated heterocycles. The Balaban J connectivity index is 1.78. The van der Waals surface area contributed by atoms with E-state index in [-0.39, 0.29) is 31.3 Å². The number of ketones is 1. The number of nitro benzene ring substituents is 1. The summed E-state index contributed by atoms with van der Waals surface area (Å²) in [4.78, 5) is 37.4. The van der Waals surface area contributed by atoms with Crippen molar-refractivity contribution in [3.63, 3.8) is 0 Å². The van der Waals surface area contributed by atoms with E-state index in [0.717, 1.165) is 41.8 Å². The van der Waals surface area contributed by atoms with E-state index in [4.69, 9.17) is 0 Å². The SMILES string of the molecule is CC(=O)c1ccc(C(=O)Nc2ncc(S(=O)(=O)c3ccc([N+](=O)[O-])cc3)s2)cc1. The summed E-state index contributed by atoms with van der Waals surface area (Å²) in [5, 5.41) is 13.3. The number of hydrogen-bond donors (Lipinski definition) is 1. The molecule has 0 atom stereocenters. The Hall–Kier alpha value is -3.44. The number of carbonyl (C=O) groups is 2. The number of amides is 1. The van der Waals surface area contributed by atoms with Crippen LogP contribution < -0.4 is 5.32 Å². The van der Waals surface area contributed by atoms with Crippen LogP contribution in [0.25, 0.3) is 0 Å². The highest BCUT2D eigenvalue weighted by Gasteiger charge is 2.22. The fraction of sp³-hybridized carbons (Fsp3) is 0.0556. The van der Waals surface area contributed by atoms with E-state index < -0.39 is 20.7 Å². The number of carbonyl (C=O) groups excluding carboxylic acids is 2. The van der Waals surface area contributed by atoms with Crippen LogP contribution in [0.5, 0.6) is 0 Å². The van der Waals surface area contributed by atoms with Crippen molar-refractivity contribution < 1.29 is 22.9 Å². The number of nitrogens with one attached hydrogen (secondary N) is 1. The number of aromatic nitrogens is 1. The van der Waals surface area contributed by atoms with E-state index in [9.17, 15) is 28.1 Å².